The van der Waals surface area contributed by atoms with E-state index in [-0.39, 0.29) is 18.6 Å². The third kappa shape index (κ3) is 5.14. The maximum Gasteiger partial charge on any atom is 0.260 e. The average molecular weight is 391 g/mol. The van der Waals surface area contributed by atoms with Crippen LogP contribution in [0.3, 0.4) is 0 Å². The molecule has 1 heterocycles. The number of nitrogens with zero attached hydrogens (tertiary/aromatic N) is 1. The molecule has 1 aliphatic rings. The molecule has 1 unspecified atom stereocenters. The summed E-state index contributed by atoms with van der Waals surface area (Å²) in [4.78, 5) is 14.2. The smallest absolute Gasteiger partial charge is 0.260 e. The van der Waals surface area contributed by atoms with Crippen molar-refractivity contribution in [2.45, 2.75) is 32.3 Å². The van der Waals surface area contributed by atoms with E-state index in [1.54, 1.807) is 18.2 Å². The minimum absolute atomic E-state index is 0.0146. The van der Waals surface area contributed by atoms with E-state index in [9.17, 15) is 4.79 Å². The molecule has 1 aliphatic heterocycles. The summed E-state index contributed by atoms with van der Waals surface area (Å²) >= 11 is 9.27. The lowest BCUT2D eigenvalue weighted by atomic mass is 10.2. The maximum absolute atomic E-state index is 12.4. The number of hydrogen-bond acceptors (Lipinski definition) is 3. The number of carbonyl (C=O) groups excluding carboxylic acids is 1. The minimum atomic E-state index is -0.0146. The highest BCUT2D eigenvalue weighted by atomic mass is 79.9. The zero-order valence-electron chi connectivity index (χ0n) is 12.7. The second-order valence-corrected chi connectivity index (χ2v) is 6.63. The Kier molecular flexibility index (Phi) is 6.99. The van der Waals surface area contributed by atoms with Crippen LogP contribution in [0.2, 0.25) is 5.02 Å². The third-order valence-corrected chi connectivity index (χ3v) is 4.39. The molecule has 0 saturated carbocycles. The molecule has 0 aliphatic carbocycles. The number of ether oxygens (including phenoxy) is 2. The molecule has 0 spiro atoms. The van der Waals surface area contributed by atoms with E-state index in [2.05, 4.69) is 22.9 Å². The van der Waals surface area contributed by atoms with Crippen LogP contribution >= 0.6 is 27.5 Å². The van der Waals surface area contributed by atoms with Gasteiger partial charge in [-0.05, 0) is 53.4 Å². The van der Waals surface area contributed by atoms with Crippen LogP contribution in [0.5, 0.6) is 5.75 Å². The fourth-order valence-corrected chi connectivity index (χ4v) is 3.24. The second kappa shape index (κ2) is 8.75. The maximum atomic E-state index is 12.4. The van der Waals surface area contributed by atoms with Gasteiger partial charge in [0, 0.05) is 24.7 Å². The van der Waals surface area contributed by atoms with Crippen molar-refractivity contribution in [1.29, 1.82) is 0 Å². The lowest BCUT2D eigenvalue weighted by molar-refractivity contribution is -0.135. The highest BCUT2D eigenvalue weighted by Crippen LogP contribution is 2.28. The van der Waals surface area contributed by atoms with Gasteiger partial charge in [-0.25, -0.2) is 0 Å². The summed E-state index contributed by atoms with van der Waals surface area (Å²) in [5.74, 6) is 0.602. The summed E-state index contributed by atoms with van der Waals surface area (Å²) in [7, 11) is 0. The van der Waals surface area contributed by atoms with Crippen LogP contribution in [0.15, 0.2) is 22.7 Å². The lowest BCUT2D eigenvalue weighted by Gasteiger charge is -2.25. The normalized spacial score (nSPS) is 17.5. The Morgan fingerprint density at radius 3 is 3.00 bits per heavy atom. The third-order valence-electron chi connectivity index (χ3n) is 3.54. The van der Waals surface area contributed by atoms with E-state index in [4.69, 9.17) is 21.1 Å². The van der Waals surface area contributed by atoms with Crippen LogP contribution in [0.25, 0.3) is 0 Å². The Hall–Kier alpha value is -0.780. The number of rotatable bonds is 7. The molecule has 1 atom stereocenters. The molecule has 0 N–H and O–H groups in total. The molecule has 4 nitrogen and oxygen atoms in total. The van der Waals surface area contributed by atoms with Crippen molar-refractivity contribution < 1.29 is 14.3 Å². The first-order chi connectivity index (χ1) is 10.6. The predicted molar refractivity (Wildman–Crippen MR) is 90.5 cm³/mol. The van der Waals surface area contributed by atoms with Gasteiger partial charge in [-0.2, -0.15) is 0 Å². The molecule has 6 heteroatoms. The molecule has 0 radical (unpaired) electrons. The van der Waals surface area contributed by atoms with Gasteiger partial charge in [0.15, 0.2) is 6.61 Å². The fraction of sp³-hybridized carbons (Fsp3) is 0.562. The predicted octanol–water partition coefficient (Wildman–Crippen LogP) is 3.90. The van der Waals surface area contributed by atoms with Crippen molar-refractivity contribution in [2.24, 2.45) is 0 Å². The van der Waals surface area contributed by atoms with Crippen molar-refractivity contribution in [2.75, 3.05) is 26.3 Å². The summed E-state index contributed by atoms with van der Waals surface area (Å²) in [5, 5.41) is 0.622. The van der Waals surface area contributed by atoms with Crippen LogP contribution < -0.4 is 4.74 Å². The monoisotopic (exact) mass is 389 g/mol. The van der Waals surface area contributed by atoms with Gasteiger partial charge < -0.3 is 14.4 Å². The van der Waals surface area contributed by atoms with Crippen molar-refractivity contribution in [3.05, 3.63) is 27.7 Å². The Morgan fingerprint density at radius 1 is 1.55 bits per heavy atom. The topological polar surface area (TPSA) is 38.8 Å². The van der Waals surface area contributed by atoms with Gasteiger partial charge in [0.2, 0.25) is 0 Å². The zero-order valence-corrected chi connectivity index (χ0v) is 15.0. The van der Waals surface area contributed by atoms with Gasteiger partial charge in [-0.1, -0.05) is 18.5 Å². The Morgan fingerprint density at radius 2 is 2.36 bits per heavy atom. The highest BCUT2D eigenvalue weighted by molar-refractivity contribution is 9.10. The molecular weight excluding hydrogens is 370 g/mol. The first-order valence-corrected chi connectivity index (χ1v) is 8.74. The Bertz CT molecular complexity index is 506. The van der Waals surface area contributed by atoms with Crippen molar-refractivity contribution >= 4 is 33.4 Å². The lowest BCUT2D eigenvalue weighted by Crippen LogP contribution is -2.40. The van der Waals surface area contributed by atoms with Crippen molar-refractivity contribution in [3.63, 3.8) is 0 Å². The molecule has 122 valence electrons. The number of benzene rings is 1. The summed E-state index contributed by atoms with van der Waals surface area (Å²) < 4.78 is 12.0. The van der Waals surface area contributed by atoms with Crippen LogP contribution in [0.4, 0.5) is 0 Å². The summed E-state index contributed by atoms with van der Waals surface area (Å²) in [6, 6.07) is 5.24. The molecule has 1 saturated heterocycles. The number of amides is 1. The fourth-order valence-electron chi connectivity index (χ4n) is 2.44. The molecular formula is C16H21BrClNO3. The summed E-state index contributed by atoms with van der Waals surface area (Å²) in [5.41, 5.74) is 0. The van der Waals surface area contributed by atoms with Gasteiger partial charge in [-0.3, -0.25) is 4.79 Å². The van der Waals surface area contributed by atoms with E-state index in [1.165, 1.54) is 0 Å². The molecule has 1 amide bonds. The molecule has 1 aromatic carbocycles. The molecule has 0 aromatic heterocycles. The molecule has 2 rings (SSSR count). The average Bonchev–Trinajstić information content (AvgIpc) is 2.98. The van der Waals surface area contributed by atoms with Gasteiger partial charge in [0.05, 0.1) is 10.6 Å². The molecule has 1 aromatic rings. The molecule has 0 bridgehead atoms. The highest BCUT2D eigenvalue weighted by Gasteiger charge is 2.22. The van der Waals surface area contributed by atoms with Gasteiger partial charge >= 0.3 is 0 Å². The van der Waals surface area contributed by atoms with E-state index in [1.807, 2.05) is 4.90 Å². The van der Waals surface area contributed by atoms with Gasteiger partial charge in [0.25, 0.3) is 5.91 Å². The van der Waals surface area contributed by atoms with E-state index < -0.39 is 0 Å². The van der Waals surface area contributed by atoms with Crippen LogP contribution in [0, 0.1) is 0 Å². The second-order valence-electron chi connectivity index (χ2n) is 5.34. The van der Waals surface area contributed by atoms with Crippen LogP contribution in [0.1, 0.15) is 26.2 Å². The van der Waals surface area contributed by atoms with E-state index >= 15 is 0 Å². The SMILES string of the molecule is CCCN(CC1CCCO1)C(=O)COc1ccc(Cl)cc1Br. The van der Waals surface area contributed by atoms with Crippen LogP contribution in [-0.4, -0.2) is 43.2 Å². The molecule has 1 fully saturated rings. The molecule has 22 heavy (non-hydrogen) atoms. The van der Waals surface area contributed by atoms with E-state index in [0.717, 1.165) is 36.9 Å². The van der Waals surface area contributed by atoms with Crippen molar-refractivity contribution in [1.82, 2.24) is 4.90 Å². The van der Waals surface area contributed by atoms with Gasteiger partial charge in [-0.15, -0.1) is 0 Å². The number of hydrogen-bond donors (Lipinski definition) is 0. The Labute approximate surface area is 144 Å². The summed E-state index contributed by atoms with van der Waals surface area (Å²) in [6.45, 7) is 4.26. The minimum Gasteiger partial charge on any atom is -0.483 e. The largest absolute Gasteiger partial charge is 0.483 e. The van der Waals surface area contributed by atoms with E-state index in [0.29, 0.717) is 17.3 Å². The van der Waals surface area contributed by atoms with Gasteiger partial charge in [0.1, 0.15) is 5.75 Å². The zero-order chi connectivity index (χ0) is 15.9. The van der Waals surface area contributed by atoms with Crippen LogP contribution in [-0.2, 0) is 9.53 Å². The quantitative estimate of drug-likeness (QED) is 0.709. The number of carbonyl (C=O) groups is 1. The van der Waals surface area contributed by atoms with Crippen molar-refractivity contribution in [3.8, 4) is 5.75 Å². The Balaban J connectivity index is 1.89. The first-order valence-electron chi connectivity index (χ1n) is 7.57. The summed E-state index contributed by atoms with van der Waals surface area (Å²) in [6.07, 6.45) is 3.19. The first kappa shape index (κ1) is 17.6. The standard InChI is InChI=1S/C16H21BrClNO3/c1-2-7-19(10-13-4-3-8-21-13)16(20)11-22-15-6-5-12(18)9-14(15)17/h5-6,9,13H,2-4,7-8,10-11H2,1H3. The number of halogens is 2.